The van der Waals surface area contributed by atoms with Gasteiger partial charge in [-0.3, -0.25) is 4.31 Å². The molecule has 0 N–H and O–H groups in total. The van der Waals surface area contributed by atoms with Crippen molar-refractivity contribution >= 4 is 15.7 Å². The van der Waals surface area contributed by atoms with Crippen LogP contribution >= 0.6 is 0 Å². The molecule has 1 aliphatic carbocycles. The predicted octanol–water partition coefficient (Wildman–Crippen LogP) is 4.16. The summed E-state index contributed by atoms with van der Waals surface area (Å²) in [5.41, 5.74) is 4.16. The number of hydrogen-bond donors (Lipinski definition) is 0. The Labute approximate surface area is 144 Å². The van der Waals surface area contributed by atoms with E-state index in [0.717, 1.165) is 29.7 Å². The van der Waals surface area contributed by atoms with Gasteiger partial charge in [-0.1, -0.05) is 60.9 Å². The summed E-state index contributed by atoms with van der Waals surface area (Å²) in [5, 5.41) is 0. The molecule has 1 heterocycles. The van der Waals surface area contributed by atoms with Crippen LogP contribution < -0.4 is 4.31 Å². The molecule has 0 saturated heterocycles. The Hall–Kier alpha value is -1.81. The summed E-state index contributed by atoms with van der Waals surface area (Å²) in [7, 11) is -3.37. The monoisotopic (exact) mass is 341 g/mol. The third kappa shape index (κ3) is 2.53. The number of nitrogens with zero attached hydrogens (tertiary/aromatic N) is 1. The lowest BCUT2D eigenvalue weighted by molar-refractivity contribution is 0.477. The minimum absolute atomic E-state index is 0.0386. The van der Waals surface area contributed by atoms with E-state index >= 15 is 0 Å². The van der Waals surface area contributed by atoms with Crippen molar-refractivity contribution in [2.75, 3.05) is 10.8 Å². The number of fused-ring (bicyclic) bond motifs is 2. The van der Waals surface area contributed by atoms with E-state index in [0.29, 0.717) is 6.54 Å². The van der Waals surface area contributed by atoms with Gasteiger partial charge in [-0.05, 0) is 37.0 Å². The van der Waals surface area contributed by atoms with Crippen molar-refractivity contribution in [1.82, 2.24) is 0 Å². The highest BCUT2D eigenvalue weighted by Crippen LogP contribution is 2.51. The van der Waals surface area contributed by atoms with Gasteiger partial charge in [0.05, 0.1) is 11.4 Å². The van der Waals surface area contributed by atoms with Crippen molar-refractivity contribution in [3.05, 3.63) is 65.2 Å². The summed E-state index contributed by atoms with van der Waals surface area (Å²) in [5.74, 6) is 0.0672. The van der Waals surface area contributed by atoms with Gasteiger partial charge in [-0.25, -0.2) is 8.42 Å². The zero-order chi connectivity index (χ0) is 16.8. The van der Waals surface area contributed by atoms with E-state index in [1.54, 1.807) is 4.31 Å². The van der Waals surface area contributed by atoms with Gasteiger partial charge in [0, 0.05) is 12.0 Å². The van der Waals surface area contributed by atoms with E-state index in [2.05, 4.69) is 6.07 Å². The lowest BCUT2D eigenvalue weighted by Gasteiger charge is -2.25. The average molecular weight is 341 g/mol. The molecule has 4 rings (SSSR count). The fourth-order valence-corrected chi connectivity index (χ4v) is 5.96. The van der Waals surface area contributed by atoms with Crippen molar-refractivity contribution in [2.24, 2.45) is 0 Å². The summed E-state index contributed by atoms with van der Waals surface area (Å²) >= 11 is 0. The molecule has 0 aromatic heterocycles. The zero-order valence-corrected chi connectivity index (χ0v) is 14.8. The van der Waals surface area contributed by atoms with Crippen LogP contribution in [0.3, 0.4) is 0 Å². The smallest absolute Gasteiger partial charge is 0.239 e. The Balaban J connectivity index is 1.70. The van der Waals surface area contributed by atoms with E-state index in [1.807, 2.05) is 49.4 Å². The minimum atomic E-state index is -3.37. The quantitative estimate of drug-likeness (QED) is 0.841. The first-order valence-electron chi connectivity index (χ1n) is 8.66. The summed E-state index contributed by atoms with van der Waals surface area (Å²) in [6.07, 6.45) is 4.58. The molecule has 4 heteroatoms. The third-order valence-electron chi connectivity index (χ3n) is 5.56. The maximum absolute atomic E-state index is 13.1. The largest absolute Gasteiger partial charge is 0.269 e. The van der Waals surface area contributed by atoms with Crippen LogP contribution in [0.1, 0.15) is 42.4 Å². The van der Waals surface area contributed by atoms with Gasteiger partial charge in [0.25, 0.3) is 0 Å². The molecule has 0 amide bonds. The number of para-hydroxylation sites is 1. The van der Waals surface area contributed by atoms with Gasteiger partial charge in [0.15, 0.2) is 0 Å². The second kappa shape index (κ2) is 5.62. The van der Waals surface area contributed by atoms with E-state index in [4.69, 9.17) is 0 Å². The standard InChI is InChI=1S/C20H23NO2S/c1-16-8-10-17(11-9-16)14-24(22,23)21-15-20(12-4-5-13-20)18-6-2-3-7-19(18)21/h2-3,6-11H,4-5,12-15H2,1H3. The number of anilines is 1. The Morgan fingerprint density at radius 2 is 1.67 bits per heavy atom. The molecule has 1 fully saturated rings. The normalized spacial score (nSPS) is 19.0. The van der Waals surface area contributed by atoms with Crippen molar-refractivity contribution < 1.29 is 8.42 Å². The topological polar surface area (TPSA) is 37.4 Å². The highest BCUT2D eigenvalue weighted by molar-refractivity contribution is 7.92. The molecule has 2 aromatic rings. The average Bonchev–Trinajstić information content (AvgIpc) is 3.17. The molecule has 24 heavy (non-hydrogen) atoms. The van der Waals surface area contributed by atoms with Crippen molar-refractivity contribution in [3.8, 4) is 0 Å². The van der Waals surface area contributed by atoms with Crippen LogP contribution in [0.25, 0.3) is 0 Å². The first kappa shape index (κ1) is 15.7. The number of aryl methyl sites for hydroxylation is 1. The molecule has 2 aromatic carbocycles. The maximum atomic E-state index is 13.1. The molecular weight excluding hydrogens is 318 g/mol. The summed E-state index contributed by atoms with van der Waals surface area (Å²) < 4.78 is 27.9. The van der Waals surface area contributed by atoms with Gasteiger partial charge in [0.2, 0.25) is 10.0 Å². The van der Waals surface area contributed by atoms with Crippen molar-refractivity contribution in [3.63, 3.8) is 0 Å². The molecule has 0 bridgehead atoms. The first-order chi connectivity index (χ1) is 11.5. The van der Waals surface area contributed by atoms with Crippen LogP contribution in [0, 0.1) is 6.92 Å². The van der Waals surface area contributed by atoms with E-state index in [9.17, 15) is 8.42 Å². The van der Waals surface area contributed by atoms with Crippen molar-refractivity contribution in [1.29, 1.82) is 0 Å². The zero-order valence-electron chi connectivity index (χ0n) is 14.0. The van der Waals surface area contributed by atoms with Crippen LogP contribution in [0.2, 0.25) is 0 Å². The summed E-state index contributed by atoms with van der Waals surface area (Å²) in [6.45, 7) is 2.62. The molecule has 2 aliphatic rings. The van der Waals surface area contributed by atoms with Crippen LogP contribution in [-0.4, -0.2) is 15.0 Å². The fourth-order valence-electron chi connectivity index (χ4n) is 4.29. The molecule has 3 nitrogen and oxygen atoms in total. The van der Waals surface area contributed by atoms with E-state index in [-0.39, 0.29) is 11.2 Å². The van der Waals surface area contributed by atoms with Gasteiger partial charge in [0.1, 0.15) is 0 Å². The van der Waals surface area contributed by atoms with Crippen LogP contribution in [-0.2, 0) is 21.2 Å². The van der Waals surface area contributed by atoms with E-state index < -0.39 is 10.0 Å². The van der Waals surface area contributed by atoms with Gasteiger partial charge < -0.3 is 0 Å². The molecule has 0 atom stereocenters. The molecule has 126 valence electrons. The van der Waals surface area contributed by atoms with Crippen LogP contribution in [0.4, 0.5) is 5.69 Å². The summed E-state index contributed by atoms with van der Waals surface area (Å²) in [6, 6.07) is 15.9. The number of benzene rings is 2. The fraction of sp³-hybridized carbons (Fsp3) is 0.400. The highest BCUT2D eigenvalue weighted by Gasteiger charge is 2.47. The lowest BCUT2D eigenvalue weighted by atomic mass is 9.81. The minimum Gasteiger partial charge on any atom is -0.269 e. The van der Waals surface area contributed by atoms with Crippen LogP contribution in [0.15, 0.2) is 48.5 Å². The van der Waals surface area contributed by atoms with Crippen LogP contribution in [0.5, 0.6) is 0 Å². The molecule has 0 radical (unpaired) electrons. The number of rotatable bonds is 3. The first-order valence-corrected chi connectivity index (χ1v) is 10.3. The summed E-state index contributed by atoms with van der Waals surface area (Å²) in [4.78, 5) is 0. The second-order valence-electron chi connectivity index (χ2n) is 7.25. The molecule has 1 aliphatic heterocycles. The highest BCUT2D eigenvalue weighted by atomic mass is 32.2. The van der Waals surface area contributed by atoms with Gasteiger partial charge >= 0.3 is 0 Å². The molecule has 0 unspecified atom stereocenters. The predicted molar refractivity (Wildman–Crippen MR) is 97.7 cm³/mol. The second-order valence-corrected chi connectivity index (χ2v) is 9.15. The molecular formula is C20H23NO2S. The number of hydrogen-bond acceptors (Lipinski definition) is 2. The Bertz CT molecular complexity index is 849. The SMILES string of the molecule is Cc1ccc(CS(=O)(=O)N2CC3(CCCC3)c3ccccc32)cc1. The number of sulfonamides is 1. The molecule has 1 saturated carbocycles. The maximum Gasteiger partial charge on any atom is 0.239 e. The van der Waals surface area contributed by atoms with Crippen molar-refractivity contribution in [2.45, 2.75) is 43.8 Å². The third-order valence-corrected chi connectivity index (χ3v) is 7.25. The Morgan fingerprint density at radius 3 is 2.38 bits per heavy atom. The van der Waals surface area contributed by atoms with E-state index in [1.165, 1.54) is 18.4 Å². The molecule has 1 spiro atoms. The van der Waals surface area contributed by atoms with Gasteiger partial charge in [-0.2, -0.15) is 0 Å². The Kier molecular flexibility index (Phi) is 3.68. The van der Waals surface area contributed by atoms with Gasteiger partial charge in [-0.15, -0.1) is 0 Å². The Morgan fingerprint density at radius 1 is 1.00 bits per heavy atom. The lowest BCUT2D eigenvalue weighted by Crippen LogP contribution is -2.36.